The summed E-state index contributed by atoms with van der Waals surface area (Å²) in [5.74, 6) is 1.10. The van der Waals surface area contributed by atoms with Crippen molar-refractivity contribution in [3.05, 3.63) is 35.4 Å². The van der Waals surface area contributed by atoms with Gasteiger partial charge in [-0.1, -0.05) is 38.0 Å². The Morgan fingerprint density at radius 2 is 1.79 bits per heavy atom. The van der Waals surface area contributed by atoms with Gasteiger partial charge in [0, 0.05) is 0 Å². The summed E-state index contributed by atoms with van der Waals surface area (Å²) < 4.78 is 38.1. The number of halogens is 3. The molecule has 0 atom stereocenters. The van der Waals surface area contributed by atoms with E-state index in [2.05, 4.69) is 6.92 Å². The van der Waals surface area contributed by atoms with Crippen molar-refractivity contribution in [3.63, 3.8) is 0 Å². The van der Waals surface area contributed by atoms with Gasteiger partial charge in [0.2, 0.25) is 0 Å². The van der Waals surface area contributed by atoms with Crippen molar-refractivity contribution < 1.29 is 13.2 Å². The van der Waals surface area contributed by atoms with Crippen molar-refractivity contribution >= 4 is 0 Å². The van der Waals surface area contributed by atoms with Gasteiger partial charge in [-0.15, -0.1) is 0 Å². The van der Waals surface area contributed by atoms with Gasteiger partial charge in [-0.05, 0) is 49.1 Å². The lowest BCUT2D eigenvalue weighted by Crippen LogP contribution is -2.14. The fraction of sp³-hybridized carbons (Fsp3) is 0.625. The van der Waals surface area contributed by atoms with E-state index in [4.69, 9.17) is 0 Å². The second-order valence-corrected chi connectivity index (χ2v) is 5.63. The Labute approximate surface area is 113 Å². The van der Waals surface area contributed by atoms with Crippen LogP contribution in [0.25, 0.3) is 0 Å². The lowest BCUT2D eigenvalue weighted by molar-refractivity contribution is -0.137. The molecule has 0 bridgehead atoms. The molecule has 0 aromatic heterocycles. The van der Waals surface area contributed by atoms with Crippen molar-refractivity contribution in [1.82, 2.24) is 0 Å². The van der Waals surface area contributed by atoms with E-state index in [1.165, 1.54) is 25.0 Å². The minimum absolute atomic E-state index is 0.315. The molecular weight excluding hydrogens is 249 g/mol. The number of benzene rings is 1. The summed E-state index contributed by atoms with van der Waals surface area (Å²) in [6.07, 6.45) is 2.63. The zero-order chi connectivity index (χ0) is 13.9. The van der Waals surface area contributed by atoms with Gasteiger partial charge >= 0.3 is 6.18 Å². The first-order valence-corrected chi connectivity index (χ1v) is 7.18. The third kappa shape index (κ3) is 3.74. The first kappa shape index (κ1) is 14.4. The molecule has 0 aliphatic heterocycles. The molecule has 0 nitrogen and oxygen atoms in total. The van der Waals surface area contributed by atoms with Crippen molar-refractivity contribution in [2.24, 2.45) is 5.92 Å². The van der Waals surface area contributed by atoms with E-state index in [0.717, 1.165) is 43.2 Å². The van der Waals surface area contributed by atoms with Crippen molar-refractivity contribution in [2.45, 2.75) is 57.5 Å². The third-order valence-corrected chi connectivity index (χ3v) is 4.23. The largest absolute Gasteiger partial charge is 0.416 e. The Morgan fingerprint density at radius 3 is 2.37 bits per heavy atom. The minimum atomic E-state index is -4.23. The topological polar surface area (TPSA) is 0 Å². The van der Waals surface area contributed by atoms with Crippen LogP contribution in [-0.4, -0.2) is 0 Å². The summed E-state index contributed by atoms with van der Waals surface area (Å²) in [5, 5.41) is 0. The fourth-order valence-corrected chi connectivity index (χ4v) is 3.16. The summed E-state index contributed by atoms with van der Waals surface area (Å²) in [4.78, 5) is 0. The summed E-state index contributed by atoms with van der Waals surface area (Å²) in [6.45, 7) is 2.19. The predicted molar refractivity (Wildman–Crippen MR) is 71.1 cm³/mol. The molecule has 1 aliphatic carbocycles. The highest BCUT2D eigenvalue weighted by atomic mass is 19.4. The lowest BCUT2D eigenvalue weighted by atomic mass is 9.77. The van der Waals surface area contributed by atoms with Crippen LogP contribution < -0.4 is 0 Å². The Morgan fingerprint density at radius 1 is 1.11 bits per heavy atom. The van der Waals surface area contributed by atoms with Gasteiger partial charge in [-0.25, -0.2) is 0 Å². The minimum Gasteiger partial charge on any atom is -0.166 e. The molecule has 1 aromatic rings. The quantitative estimate of drug-likeness (QED) is 0.653. The normalized spacial score (nSPS) is 24.4. The second kappa shape index (κ2) is 5.98. The molecule has 1 aliphatic rings. The lowest BCUT2D eigenvalue weighted by Gasteiger charge is -2.29. The van der Waals surface area contributed by atoms with E-state index in [0.29, 0.717) is 5.92 Å². The van der Waals surface area contributed by atoms with E-state index in [1.807, 2.05) is 6.07 Å². The van der Waals surface area contributed by atoms with Gasteiger partial charge < -0.3 is 0 Å². The molecule has 0 unspecified atom stereocenters. The van der Waals surface area contributed by atoms with E-state index >= 15 is 0 Å². The van der Waals surface area contributed by atoms with Gasteiger partial charge in [0.1, 0.15) is 0 Å². The molecule has 1 saturated carbocycles. The Hall–Kier alpha value is -0.990. The highest BCUT2D eigenvalue weighted by Crippen LogP contribution is 2.39. The predicted octanol–water partition coefficient (Wildman–Crippen LogP) is 5.78. The molecule has 0 radical (unpaired) electrons. The molecule has 0 N–H and O–H groups in total. The summed E-state index contributed by atoms with van der Waals surface area (Å²) in [7, 11) is 0. The number of hydrogen-bond donors (Lipinski definition) is 0. The highest BCUT2D eigenvalue weighted by Gasteiger charge is 2.31. The van der Waals surface area contributed by atoms with E-state index in [1.54, 1.807) is 0 Å². The molecule has 2 rings (SSSR count). The van der Waals surface area contributed by atoms with Crippen LogP contribution in [0.1, 0.15) is 62.5 Å². The summed E-state index contributed by atoms with van der Waals surface area (Å²) in [5.41, 5.74) is 0.352. The smallest absolute Gasteiger partial charge is 0.166 e. The Bertz CT molecular complexity index is 401. The molecule has 106 valence electrons. The molecule has 19 heavy (non-hydrogen) atoms. The third-order valence-electron chi connectivity index (χ3n) is 4.23. The van der Waals surface area contributed by atoms with E-state index < -0.39 is 11.7 Å². The number of hydrogen-bond acceptors (Lipinski definition) is 0. The number of rotatable bonds is 3. The molecule has 0 spiro atoms. The zero-order valence-electron chi connectivity index (χ0n) is 11.3. The standard InChI is InChI=1S/C16H21F3/c1-2-4-12-7-9-13(10-8-12)14-5-3-6-15(11-14)16(17,18)19/h3,5-6,11-13H,2,4,7-10H2,1H3. The maximum atomic E-state index is 12.7. The molecule has 0 saturated heterocycles. The molecular formula is C16H21F3. The van der Waals surface area contributed by atoms with Crippen LogP contribution >= 0.6 is 0 Å². The maximum Gasteiger partial charge on any atom is 0.416 e. The molecule has 1 aromatic carbocycles. The van der Waals surface area contributed by atoms with Crippen molar-refractivity contribution in [2.75, 3.05) is 0 Å². The second-order valence-electron chi connectivity index (χ2n) is 5.63. The zero-order valence-corrected chi connectivity index (χ0v) is 11.3. The van der Waals surface area contributed by atoms with Crippen LogP contribution in [0, 0.1) is 5.92 Å². The van der Waals surface area contributed by atoms with Crippen LogP contribution in [-0.2, 0) is 6.18 Å². The monoisotopic (exact) mass is 270 g/mol. The van der Waals surface area contributed by atoms with Gasteiger partial charge in [0.05, 0.1) is 5.56 Å². The van der Waals surface area contributed by atoms with Crippen LogP contribution in [0.4, 0.5) is 13.2 Å². The summed E-state index contributed by atoms with van der Waals surface area (Å²) in [6, 6.07) is 5.88. The number of alkyl halides is 3. The van der Waals surface area contributed by atoms with Gasteiger partial charge in [-0.2, -0.15) is 13.2 Å². The first-order valence-electron chi connectivity index (χ1n) is 7.18. The molecule has 1 fully saturated rings. The van der Waals surface area contributed by atoms with Crippen LogP contribution in [0.3, 0.4) is 0 Å². The van der Waals surface area contributed by atoms with Gasteiger partial charge in [-0.3, -0.25) is 0 Å². The fourth-order valence-electron chi connectivity index (χ4n) is 3.16. The average molecular weight is 270 g/mol. The molecule has 3 heteroatoms. The molecule has 0 heterocycles. The van der Waals surface area contributed by atoms with Crippen LogP contribution in [0.2, 0.25) is 0 Å². The highest BCUT2D eigenvalue weighted by molar-refractivity contribution is 5.28. The van der Waals surface area contributed by atoms with Crippen LogP contribution in [0.5, 0.6) is 0 Å². The van der Waals surface area contributed by atoms with Gasteiger partial charge in [0.25, 0.3) is 0 Å². The van der Waals surface area contributed by atoms with Crippen molar-refractivity contribution in [1.29, 1.82) is 0 Å². The van der Waals surface area contributed by atoms with E-state index in [-0.39, 0.29) is 0 Å². The Balaban J connectivity index is 2.03. The maximum absolute atomic E-state index is 12.7. The molecule has 0 amide bonds. The average Bonchev–Trinajstić information content (AvgIpc) is 2.39. The van der Waals surface area contributed by atoms with Gasteiger partial charge in [0.15, 0.2) is 0 Å². The van der Waals surface area contributed by atoms with E-state index in [9.17, 15) is 13.2 Å². The first-order chi connectivity index (χ1) is 9.00. The van der Waals surface area contributed by atoms with Crippen molar-refractivity contribution in [3.8, 4) is 0 Å². The van der Waals surface area contributed by atoms with Crippen LogP contribution in [0.15, 0.2) is 24.3 Å². The Kier molecular flexibility index (Phi) is 4.54. The summed E-state index contributed by atoms with van der Waals surface area (Å²) >= 11 is 0. The SMILES string of the molecule is CCCC1CCC(c2cccc(C(F)(F)F)c2)CC1.